The number of anilines is 2. The summed E-state index contributed by atoms with van der Waals surface area (Å²) in [5.41, 5.74) is 6.87. The molecule has 0 aromatic carbocycles. The molecule has 22 heavy (non-hydrogen) atoms. The first kappa shape index (κ1) is 13.5. The number of hydrogen-bond donors (Lipinski definition) is 1. The van der Waals surface area contributed by atoms with Gasteiger partial charge in [-0.05, 0) is 24.8 Å². The number of ether oxygens (including phenoxy) is 1. The molecule has 1 aliphatic heterocycles. The van der Waals surface area contributed by atoms with E-state index in [4.69, 9.17) is 10.5 Å². The summed E-state index contributed by atoms with van der Waals surface area (Å²) in [4.78, 5) is 10.9. The minimum Gasteiger partial charge on any atom is -0.393 e. The second kappa shape index (κ2) is 5.57. The van der Waals surface area contributed by atoms with Gasteiger partial charge in [0.1, 0.15) is 12.0 Å². The van der Waals surface area contributed by atoms with Gasteiger partial charge in [-0.3, -0.25) is 0 Å². The quantitative estimate of drug-likeness (QED) is 0.918. The molecule has 1 atom stereocenters. The zero-order valence-electron chi connectivity index (χ0n) is 12.4. The van der Waals surface area contributed by atoms with Gasteiger partial charge >= 0.3 is 0 Å². The van der Waals surface area contributed by atoms with Crippen molar-refractivity contribution in [2.75, 3.05) is 30.3 Å². The summed E-state index contributed by atoms with van der Waals surface area (Å²) in [6, 6.07) is 1.85. The number of morpholine rings is 1. The summed E-state index contributed by atoms with van der Waals surface area (Å²) >= 11 is 0. The van der Waals surface area contributed by atoms with Gasteiger partial charge in [-0.15, -0.1) is 0 Å². The van der Waals surface area contributed by atoms with Crippen LogP contribution in [0.5, 0.6) is 0 Å². The van der Waals surface area contributed by atoms with Crippen LogP contribution in [0.3, 0.4) is 0 Å². The van der Waals surface area contributed by atoms with Crippen LogP contribution >= 0.6 is 0 Å². The van der Waals surface area contributed by atoms with E-state index in [0.717, 1.165) is 25.5 Å². The Balaban J connectivity index is 1.60. The van der Waals surface area contributed by atoms with Crippen LogP contribution in [0.15, 0.2) is 24.8 Å². The highest BCUT2D eigenvalue weighted by molar-refractivity contribution is 5.70. The van der Waals surface area contributed by atoms with Gasteiger partial charge < -0.3 is 15.4 Å². The molecule has 2 aromatic heterocycles. The van der Waals surface area contributed by atoms with E-state index >= 15 is 0 Å². The molecule has 0 spiro atoms. The van der Waals surface area contributed by atoms with E-state index in [-0.39, 0.29) is 0 Å². The monoisotopic (exact) mass is 300 g/mol. The molecular weight excluding hydrogens is 280 g/mol. The zero-order chi connectivity index (χ0) is 14.9. The van der Waals surface area contributed by atoms with Gasteiger partial charge in [0, 0.05) is 25.5 Å². The van der Waals surface area contributed by atoms with E-state index in [0.29, 0.717) is 23.5 Å². The van der Waals surface area contributed by atoms with Crippen molar-refractivity contribution in [2.45, 2.75) is 25.4 Å². The number of hydrogen-bond acceptors (Lipinski definition) is 6. The molecular formula is C15H20N6O. The molecule has 4 rings (SSSR count). The molecule has 1 saturated carbocycles. The molecule has 0 bridgehead atoms. The molecule has 2 fully saturated rings. The van der Waals surface area contributed by atoms with Crippen molar-refractivity contribution in [2.24, 2.45) is 5.92 Å². The molecule has 116 valence electrons. The van der Waals surface area contributed by atoms with E-state index in [1.807, 2.05) is 12.3 Å². The lowest BCUT2D eigenvalue weighted by molar-refractivity contribution is -0.0225. The van der Waals surface area contributed by atoms with Crippen LogP contribution in [-0.2, 0) is 4.74 Å². The fourth-order valence-corrected chi connectivity index (χ4v) is 3.17. The molecule has 1 aliphatic carbocycles. The minimum atomic E-state index is 0.296. The predicted octanol–water partition coefficient (Wildman–Crippen LogP) is 1.25. The van der Waals surface area contributed by atoms with E-state index in [2.05, 4.69) is 20.0 Å². The fourth-order valence-electron chi connectivity index (χ4n) is 3.17. The largest absolute Gasteiger partial charge is 0.393 e. The smallest absolute Gasteiger partial charge is 0.181 e. The number of nitrogen functional groups attached to an aromatic ring is 1. The van der Waals surface area contributed by atoms with E-state index in [1.165, 1.54) is 19.3 Å². The standard InChI is InChI=1S/C15H20N6O/c16-13-14(17-10-18-15(13)21-6-2-5-19-21)20-7-8-22-12(9-20)11-3-1-4-11/h2,5-6,10-12H,1,3-4,7-9,16H2. The van der Waals surface area contributed by atoms with E-state index in [1.54, 1.807) is 17.2 Å². The first-order chi connectivity index (χ1) is 10.8. The predicted molar refractivity (Wildman–Crippen MR) is 82.9 cm³/mol. The van der Waals surface area contributed by atoms with Crippen LogP contribution in [-0.4, -0.2) is 45.5 Å². The first-order valence-electron chi connectivity index (χ1n) is 7.80. The first-order valence-corrected chi connectivity index (χ1v) is 7.80. The highest BCUT2D eigenvalue weighted by Gasteiger charge is 2.33. The van der Waals surface area contributed by atoms with Crippen LogP contribution in [0.4, 0.5) is 11.5 Å². The summed E-state index contributed by atoms with van der Waals surface area (Å²) in [6.07, 6.45) is 9.26. The topological polar surface area (TPSA) is 82.1 Å². The molecule has 7 heteroatoms. The maximum absolute atomic E-state index is 6.31. The Kier molecular flexibility index (Phi) is 3.42. The zero-order valence-corrected chi connectivity index (χ0v) is 12.4. The van der Waals surface area contributed by atoms with Crippen molar-refractivity contribution in [3.8, 4) is 5.82 Å². The second-order valence-corrected chi connectivity index (χ2v) is 5.93. The Morgan fingerprint density at radius 3 is 2.82 bits per heavy atom. The molecule has 0 radical (unpaired) electrons. The lowest BCUT2D eigenvalue weighted by Gasteiger charge is -2.41. The van der Waals surface area contributed by atoms with Crippen molar-refractivity contribution >= 4 is 11.5 Å². The highest BCUT2D eigenvalue weighted by atomic mass is 16.5. The lowest BCUT2D eigenvalue weighted by Crippen LogP contribution is -2.47. The van der Waals surface area contributed by atoms with Gasteiger partial charge in [0.25, 0.3) is 0 Å². The molecule has 2 aliphatic rings. The van der Waals surface area contributed by atoms with Crippen LogP contribution in [0.1, 0.15) is 19.3 Å². The Morgan fingerprint density at radius 1 is 1.23 bits per heavy atom. The molecule has 1 saturated heterocycles. The average Bonchev–Trinajstić information content (AvgIpc) is 3.00. The second-order valence-electron chi connectivity index (χ2n) is 5.93. The summed E-state index contributed by atoms with van der Waals surface area (Å²) in [6.45, 7) is 2.38. The van der Waals surface area contributed by atoms with Crippen LogP contribution < -0.4 is 10.6 Å². The maximum Gasteiger partial charge on any atom is 0.181 e. The number of nitrogens with two attached hydrogens (primary N) is 1. The maximum atomic E-state index is 6.31. The summed E-state index contributed by atoms with van der Waals surface area (Å²) < 4.78 is 7.60. The third-order valence-electron chi connectivity index (χ3n) is 4.63. The average molecular weight is 300 g/mol. The summed E-state index contributed by atoms with van der Waals surface area (Å²) in [7, 11) is 0. The normalized spacial score (nSPS) is 22.5. The molecule has 2 aromatic rings. The van der Waals surface area contributed by atoms with Crippen molar-refractivity contribution < 1.29 is 4.74 Å². The summed E-state index contributed by atoms with van der Waals surface area (Å²) in [5, 5.41) is 4.20. The van der Waals surface area contributed by atoms with Crippen molar-refractivity contribution in [3.63, 3.8) is 0 Å². The van der Waals surface area contributed by atoms with Crippen molar-refractivity contribution in [1.82, 2.24) is 19.7 Å². The number of rotatable bonds is 3. The fraction of sp³-hybridized carbons (Fsp3) is 0.533. The number of nitrogens with zero attached hydrogens (tertiary/aromatic N) is 5. The van der Waals surface area contributed by atoms with Gasteiger partial charge in [0.05, 0.1) is 12.7 Å². The van der Waals surface area contributed by atoms with E-state index in [9.17, 15) is 0 Å². The van der Waals surface area contributed by atoms with Crippen molar-refractivity contribution in [3.05, 3.63) is 24.8 Å². The molecule has 1 unspecified atom stereocenters. The van der Waals surface area contributed by atoms with Gasteiger partial charge in [0.15, 0.2) is 11.6 Å². The molecule has 7 nitrogen and oxygen atoms in total. The third-order valence-corrected chi connectivity index (χ3v) is 4.63. The van der Waals surface area contributed by atoms with Crippen molar-refractivity contribution in [1.29, 1.82) is 0 Å². The number of aromatic nitrogens is 4. The van der Waals surface area contributed by atoms with Gasteiger partial charge in [-0.2, -0.15) is 5.10 Å². The minimum absolute atomic E-state index is 0.296. The third kappa shape index (κ3) is 2.31. The van der Waals surface area contributed by atoms with Crippen LogP contribution in [0, 0.1) is 5.92 Å². The Hall–Kier alpha value is -2.15. The van der Waals surface area contributed by atoms with Gasteiger partial charge in [0.2, 0.25) is 0 Å². The Morgan fingerprint density at radius 2 is 2.09 bits per heavy atom. The molecule has 0 amide bonds. The highest BCUT2D eigenvalue weighted by Crippen LogP contribution is 2.34. The Labute approximate surface area is 129 Å². The van der Waals surface area contributed by atoms with Gasteiger partial charge in [-0.1, -0.05) is 6.42 Å². The van der Waals surface area contributed by atoms with E-state index < -0.39 is 0 Å². The Bertz CT molecular complexity index is 639. The SMILES string of the molecule is Nc1c(N2CCOC(C3CCC3)C2)ncnc1-n1cccn1. The molecule has 3 heterocycles. The molecule has 2 N–H and O–H groups in total. The summed E-state index contributed by atoms with van der Waals surface area (Å²) in [5.74, 6) is 2.10. The lowest BCUT2D eigenvalue weighted by atomic mass is 9.80. The van der Waals surface area contributed by atoms with Crippen LogP contribution in [0.25, 0.3) is 5.82 Å². The van der Waals surface area contributed by atoms with Crippen LogP contribution in [0.2, 0.25) is 0 Å². The van der Waals surface area contributed by atoms with Gasteiger partial charge in [-0.25, -0.2) is 14.6 Å².